The van der Waals surface area contributed by atoms with Gasteiger partial charge in [0, 0.05) is 85.9 Å². The van der Waals surface area contributed by atoms with Crippen LogP contribution in [-0.4, -0.2) is 51.4 Å². The molecule has 2 aliphatic heterocycles. The lowest BCUT2D eigenvalue weighted by Gasteiger charge is -2.16. The van der Waals surface area contributed by atoms with Crippen molar-refractivity contribution in [2.24, 2.45) is 0 Å². The molecule has 256 valence electrons. The highest BCUT2D eigenvalue weighted by atomic mass is 35.5. The summed E-state index contributed by atoms with van der Waals surface area (Å²) in [6.07, 6.45) is 6.22. The number of aryl methyl sites for hydroxylation is 1. The molecule has 0 radical (unpaired) electrons. The Morgan fingerprint density at radius 2 is 1.44 bits per heavy atom. The van der Waals surface area contributed by atoms with Crippen LogP contribution in [0.1, 0.15) is 48.1 Å². The van der Waals surface area contributed by atoms with E-state index < -0.39 is 0 Å². The summed E-state index contributed by atoms with van der Waals surface area (Å²) in [5, 5.41) is 13.3. The molecule has 0 spiro atoms. The second-order valence-corrected chi connectivity index (χ2v) is 13.6. The number of carbonyl (C=O) groups is 2. The summed E-state index contributed by atoms with van der Waals surface area (Å²) >= 11 is 7.14. The van der Waals surface area contributed by atoms with Crippen molar-refractivity contribution in [1.82, 2.24) is 35.6 Å². The first-order valence-electron chi connectivity index (χ1n) is 17.1. The maximum atomic E-state index is 13.3. The Morgan fingerprint density at radius 1 is 0.800 bits per heavy atom. The number of pyridine rings is 2. The molecule has 10 nitrogen and oxygen atoms in total. The van der Waals surface area contributed by atoms with Crippen LogP contribution >= 0.6 is 11.6 Å². The molecule has 5 heterocycles. The highest BCUT2D eigenvalue weighted by Crippen LogP contribution is 2.39. The quantitative estimate of drug-likeness (QED) is 0.152. The van der Waals surface area contributed by atoms with Crippen LogP contribution in [0.4, 0.5) is 0 Å². The summed E-state index contributed by atoms with van der Waals surface area (Å²) in [6, 6.07) is 20.4. The maximum absolute atomic E-state index is 13.3. The molecule has 5 aromatic rings. The van der Waals surface area contributed by atoms with E-state index in [1.807, 2.05) is 49.4 Å². The zero-order valence-electron chi connectivity index (χ0n) is 28.2. The number of aromatic nitrogens is 3. The van der Waals surface area contributed by atoms with Gasteiger partial charge in [0.05, 0.1) is 10.7 Å². The van der Waals surface area contributed by atoms with E-state index in [2.05, 4.69) is 51.4 Å². The van der Waals surface area contributed by atoms with Crippen LogP contribution < -0.4 is 26.8 Å². The second kappa shape index (κ2) is 14.5. The number of rotatable bonds is 11. The smallest absolute Gasteiger partial charge is 0.262 e. The molecular formula is C39H40ClN7O3. The van der Waals surface area contributed by atoms with Gasteiger partial charge in [-0.05, 0) is 72.7 Å². The lowest BCUT2D eigenvalue weighted by atomic mass is 9.92. The molecule has 4 N–H and O–H groups in total. The summed E-state index contributed by atoms with van der Waals surface area (Å²) in [5.41, 5.74) is 9.66. The first-order valence-corrected chi connectivity index (χ1v) is 17.5. The molecule has 0 saturated carbocycles. The van der Waals surface area contributed by atoms with Crippen LogP contribution in [0.15, 0.2) is 77.9 Å². The molecule has 2 saturated heterocycles. The highest BCUT2D eigenvalue weighted by Gasteiger charge is 2.21. The van der Waals surface area contributed by atoms with Gasteiger partial charge in [0.15, 0.2) is 0 Å². The number of benzene rings is 2. The van der Waals surface area contributed by atoms with E-state index in [0.29, 0.717) is 48.7 Å². The summed E-state index contributed by atoms with van der Waals surface area (Å²) < 4.78 is 1.57. The normalized spacial score (nSPS) is 17.3. The van der Waals surface area contributed by atoms with Gasteiger partial charge in [-0.1, -0.05) is 54.1 Å². The molecule has 0 aliphatic carbocycles. The number of carbonyl (C=O) groups excluding carboxylic acids is 2. The molecule has 7 rings (SSSR count). The fourth-order valence-corrected chi connectivity index (χ4v) is 7.25. The fourth-order valence-electron chi connectivity index (χ4n) is 6.93. The maximum Gasteiger partial charge on any atom is 0.262 e. The van der Waals surface area contributed by atoms with E-state index in [9.17, 15) is 14.4 Å². The number of amides is 2. The van der Waals surface area contributed by atoms with Gasteiger partial charge in [-0.25, -0.2) is 4.98 Å². The third-order valence-corrected chi connectivity index (χ3v) is 10.2. The van der Waals surface area contributed by atoms with E-state index in [1.54, 1.807) is 16.8 Å². The summed E-state index contributed by atoms with van der Waals surface area (Å²) in [4.78, 5) is 45.8. The summed E-state index contributed by atoms with van der Waals surface area (Å²) in [7, 11) is 0. The second-order valence-electron chi connectivity index (χ2n) is 13.2. The zero-order chi connectivity index (χ0) is 34.8. The first kappa shape index (κ1) is 33.6. The molecule has 2 fully saturated rings. The number of nitrogens with one attached hydrogen (secondary N) is 4. The van der Waals surface area contributed by atoms with Crippen molar-refractivity contribution < 1.29 is 9.59 Å². The molecule has 2 aromatic carbocycles. The van der Waals surface area contributed by atoms with Crippen LogP contribution in [0.5, 0.6) is 0 Å². The summed E-state index contributed by atoms with van der Waals surface area (Å²) in [6.45, 7) is 6.48. The molecule has 2 atom stereocenters. The van der Waals surface area contributed by atoms with Crippen LogP contribution in [0.2, 0.25) is 5.02 Å². The van der Waals surface area contributed by atoms with Crippen molar-refractivity contribution in [2.45, 2.75) is 64.7 Å². The van der Waals surface area contributed by atoms with Crippen molar-refractivity contribution in [3.05, 3.63) is 111 Å². The first-order chi connectivity index (χ1) is 24.2. The number of fused-ring (bicyclic) bond motifs is 1. The Kier molecular flexibility index (Phi) is 9.76. The Hall–Kier alpha value is -4.90. The van der Waals surface area contributed by atoms with E-state index in [4.69, 9.17) is 16.6 Å². The summed E-state index contributed by atoms with van der Waals surface area (Å²) in [5.74, 6) is 0.196. The van der Waals surface area contributed by atoms with E-state index in [0.717, 1.165) is 69.7 Å². The largest absolute Gasteiger partial charge is 0.352 e. The van der Waals surface area contributed by atoms with Crippen LogP contribution in [0.25, 0.3) is 39.2 Å². The average molecular weight is 690 g/mol. The molecule has 0 bridgehead atoms. The van der Waals surface area contributed by atoms with Crippen molar-refractivity contribution in [1.29, 1.82) is 0 Å². The topological polar surface area (TPSA) is 130 Å². The van der Waals surface area contributed by atoms with E-state index >= 15 is 0 Å². The van der Waals surface area contributed by atoms with Crippen molar-refractivity contribution in [3.8, 4) is 33.5 Å². The number of hydrogen-bond donors (Lipinski definition) is 4. The fraction of sp³-hybridized carbons (Fsp3) is 0.308. The zero-order valence-corrected chi connectivity index (χ0v) is 28.9. The third kappa shape index (κ3) is 7.05. The van der Waals surface area contributed by atoms with Gasteiger partial charge in [-0.3, -0.25) is 23.8 Å². The van der Waals surface area contributed by atoms with Gasteiger partial charge >= 0.3 is 0 Å². The number of halogens is 1. The third-order valence-electron chi connectivity index (χ3n) is 9.77. The molecule has 3 aromatic heterocycles. The lowest BCUT2D eigenvalue weighted by molar-refractivity contribution is -0.120. The number of nitrogens with zero attached hydrogens (tertiary/aromatic N) is 3. The Bertz CT molecular complexity index is 2160. The minimum absolute atomic E-state index is 0.0738. The molecular weight excluding hydrogens is 650 g/mol. The van der Waals surface area contributed by atoms with Gasteiger partial charge in [0.25, 0.3) is 5.56 Å². The Balaban J connectivity index is 1.09. The molecule has 2 amide bonds. The van der Waals surface area contributed by atoms with Gasteiger partial charge in [0.1, 0.15) is 5.65 Å². The van der Waals surface area contributed by atoms with E-state index in [1.165, 1.54) is 0 Å². The van der Waals surface area contributed by atoms with Crippen LogP contribution in [0, 0.1) is 13.8 Å². The van der Waals surface area contributed by atoms with Gasteiger partial charge in [-0.2, -0.15) is 0 Å². The standard InChI is InChI=1S/C39H40ClN7O3/c1-23-30(25-15-16-47-35(17-25)43-20-27(39(47)50)19-42-22-29-11-14-37(49)46-29)5-3-6-31(23)32-7-4-8-33(38(32)40)34-12-9-26(24(2)44-34)18-41-21-28-10-13-36(48)45-28/h3-9,12,15-17,20,28-29,41-42H,10-11,13-14,18-19,21-22H2,1-2H3,(H,45,48)(H,46,49)/t28-,29+/m1/s1. The molecule has 11 heteroatoms. The van der Waals surface area contributed by atoms with Gasteiger partial charge < -0.3 is 21.3 Å². The van der Waals surface area contributed by atoms with Crippen molar-refractivity contribution >= 4 is 29.1 Å². The number of hydrogen-bond acceptors (Lipinski definition) is 7. The van der Waals surface area contributed by atoms with E-state index in [-0.39, 0.29) is 29.5 Å². The average Bonchev–Trinajstić information content (AvgIpc) is 3.73. The predicted octanol–water partition coefficient (Wildman–Crippen LogP) is 5.10. The van der Waals surface area contributed by atoms with Crippen LogP contribution in [0.3, 0.4) is 0 Å². The monoisotopic (exact) mass is 689 g/mol. The molecule has 2 aliphatic rings. The van der Waals surface area contributed by atoms with Crippen molar-refractivity contribution in [2.75, 3.05) is 13.1 Å². The SMILES string of the molecule is Cc1nc(-c2cccc(-c3cccc(-c4ccn5c(=O)c(CNC[C@@H]6CCC(=O)N6)cnc5c4)c3C)c2Cl)ccc1CNC[C@H]1CCC(=O)N1. The van der Waals surface area contributed by atoms with Gasteiger partial charge in [0.2, 0.25) is 11.8 Å². The molecule has 0 unspecified atom stereocenters. The predicted molar refractivity (Wildman–Crippen MR) is 196 cm³/mol. The van der Waals surface area contributed by atoms with Crippen LogP contribution in [-0.2, 0) is 22.7 Å². The minimum Gasteiger partial charge on any atom is -0.352 e. The minimum atomic E-state index is -0.120. The Morgan fingerprint density at radius 3 is 2.10 bits per heavy atom. The lowest BCUT2D eigenvalue weighted by Crippen LogP contribution is -2.36. The Labute approximate surface area is 295 Å². The van der Waals surface area contributed by atoms with Gasteiger partial charge in [-0.15, -0.1) is 0 Å². The highest BCUT2D eigenvalue weighted by molar-refractivity contribution is 6.36. The van der Waals surface area contributed by atoms with Crippen molar-refractivity contribution in [3.63, 3.8) is 0 Å². The molecule has 50 heavy (non-hydrogen) atoms.